The fourth-order valence-electron chi connectivity index (χ4n) is 3.04. The van der Waals surface area contributed by atoms with E-state index < -0.39 is 36.4 Å². The first-order valence-corrected chi connectivity index (χ1v) is 9.58. The van der Waals surface area contributed by atoms with Gasteiger partial charge in [-0.25, -0.2) is 9.78 Å². The molecule has 1 aliphatic heterocycles. The van der Waals surface area contributed by atoms with Gasteiger partial charge >= 0.3 is 5.97 Å². The van der Waals surface area contributed by atoms with Crippen molar-refractivity contribution in [2.75, 3.05) is 13.1 Å². The summed E-state index contributed by atoms with van der Waals surface area (Å²) in [6.45, 7) is 3.95. The van der Waals surface area contributed by atoms with Gasteiger partial charge in [0.15, 0.2) is 0 Å². The van der Waals surface area contributed by atoms with Gasteiger partial charge in [0.05, 0.1) is 18.9 Å². The summed E-state index contributed by atoms with van der Waals surface area (Å²) < 4.78 is 0. The molecule has 1 aliphatic rings. The first-order chi connectivity index (χ1) is 13.8. The molecule has 3 unspecified atom stereocenters. The Balaban J connectivity index is 1.84. The average molecular weight is 408 g/mol. The third-order valence-electron chi connectivity index (χ3n) is 4.66. The topological polar surface area (TPSA) is 165 Å². The van der Waals surface area contributed by atoms with Crippen LogP contribution in [0.3, 0.4) is 0 Å². The lowest BCUT2D eigenvalue weighted by molar-refractivity contribution is -0.141. The van der Waals surface area contributed by atoms with Gasteiger partial charge in [0.2, 0.25) is 17.7 Å². The summed E-state index contributed by atoms with van der Waals surface area (Å²) >= 11 is 0. The summed E-state index contributed by atoms with van der Waals surface area (Å²) in [6.07, 6.45) is 4.54. The van der Waals surface area contributed by atoms with Crippen molar-refractivity contribution in [3.63, 3.8) is 0 Å². The molecule has 11 heteroatoms. The first kappa shape index (κ1) is 22.3. The van der Waals surface area contributed by atoms with E-state index in [0.717, 1.165) is 13.0 Å². The van der Waals surface area contributed by atoms with E-state index in [4.69, 9.17) is 0 Å². The van der Waals surface area contributed by atoms with Crippen LogP contribution in [-0.2, 0) is 25.6 Å². The van der Waals surface area contributed by atoms with Gasteiger partial charge in [0.1, 0.15) is 12.1 Å². The second-order valence-electron chi connectivity index (χ2n) is 7.34. The number of rotatable bonds is 10. The van der Waals surface area contributed by atoms with Gasteiger partial charge < -0.3 is 31.4 Å². The Kier molecular flexibility index (Phi) is 8.13. The Labute approximate surface area is 168 Å². The van der Waals surface area contributed by atoms with Gasteiger partial charge in [0, 0.05) is 18.3 Å². The monoisotopic (exact) mass is 408 g/mol. The highest BCUT2D eigenvalue weighted by Crippen LogP contribution is 2.08. The van der Waals surface area contributed by atoms with Crippen LogP contribution in [0.5, 0.6) is 0 Å². The molecule has 3 atom stereocenters. The number of aromatic nitrogens is 2. The van der Waals surface area contributed by atoms with E-state index in [1.165, 1.54) is 12.5 Å². The van der Waals surface area contributed by atoms with Crippen molar-refractivity contribution in [1.29, 1.82) is 0 Å². The minimum Gasteiger partial charge on any atom is -0.480 e. The van der Waals surface area contributed by atoms with Crippen LogP contribution < -0.4 is 21.3 Å². The molecule has 0 spiro atoms. The van der Waals surface area contributed by atoms with Gasteiger partial charge in [-0.15, -0.1) is 0 Å². The second kappa shape index (κ2) is 10.6. The van der Waals surface area contributed by atoms with Crippen LogP contribution in [0.1, 0.15) is 32.4 Å². The number of nitrogens with one attached hydrogen (secondary N) is 5. The molecule has 6 N–H and O–H groups in total. The number of hydrogen-bond donors (Lipinski definition) is 6. The van der Waals surface area contributed by atoms with Crippen LogP contribution in [0.25, 0.3) is 0 Å². The largest absolute Gasteiger partial charge is 0.480 e. The minimum atomic E-state index is -1.20. The maximum absolute atomic E-state index is 12.5. The molecule has 0 aliphatic carbocycles. The Morgan fingerprint density at radius 3 is 2.59 bits per heavy atom. The first-order valence-electron chi connectivity index (χ1n) is 9.58. The van der Waals surface area contributed by atoms with E-state index in [9.17, 15) is 24.3 Å². The van der Waals surface area contributed by atoms with Crippen molar-refractivity contribution < 1.29 is 24.3 Å². The lowest BCUT2D eigenvalue weighted by atomic mass is 10.0. The minimum absolute atomic E-state index is 0.0358. The number of carbonyl (C=O) groups is 4. The van der Waals surface area contributed by atoms with Crippen LogP contribution in [0.15, 0.2) is 12.5 Å². The predicted octanol–water partition coefficient (Wildman–Crippen LogP) is -1.47. The SMILES string of the molecule is CC(C)C(NC(=O)C1CCCN1)C(=O)NCC(=O)NC(Cc1cnc[nH]1)C(=O)O. The van der Waals surface area contributed by atoms with Gasteiger partial charge in [-0.2, -0.15) is 0 Å². The Bertz CT molecular complexity index is 714. The number of carbonyl (C=O) groups excluding carboxylic acids is 3. The number of hydrogen-bond acceptors (Lipinski definition) is 6. The number of aliphatic carboxylic acids is 1. The summed E-state index contributed by atoms with van der Waals surface area (Å²) in [5.41, 5.74) is 0.560. The fourth-order valence-corrected chi connectivity index (χ4v) is 3.04. The summed E-state index contributed by atoms with van der Waals surface area (Å²) in [5.74, 6) is -2.77. The maximum atomic E-state index is 12.5. The second-order valence-corrected chi connectivity index (χ2v) is 7.34. The number of aromatic amines is 1. The highest BCUT2D eigenvalue weighted by molar-refractivity contribution is 5.92. The summed E-state index contributed by atoms with van der Waals surface area (Å²) in [7, 11) is 0. The molecule has 2 heterocycles. The summed E-state index contributed by atoms with van der Waals surface area (Å²) in [5, 5.41) is 19.9. The molecule has 29 heavy (non-hydrogen) atoms. The number of H-pyrrole nitrogens is 1. The Hall–Kier alpha value is -2.95. The summed E-state index contributed by atoms with van der Waals surface area (Å²) in [6, 6.07) is -2.27. The van der Waals surface area contributed by atoms with Gasteiger partial charge in [-0.1, -0.05) is 13.8 Å². The molecule has 11 nitrogen and oxygen atoms in total. The molecular formula is C18H28N6O5. The highest BCUT2D eigenvalue weighted by atomic mass is 16.4. The highest BCUT2D eigenvalue weighted by Gasteiger charge is 2.29. The molecule has 1 saturated heterocycles. The van der Waals surface area contributed by atoms with Crippen molar-refractivity contribution in [1.82, 2.24) is 31.2 Å². The molecule has 0 aromatic carbocycles. The van der Waals surface area contributed by atoms with Gasteiger partial charge in [-0.05, 0) is 25.3 Å². The van der Waals surface area contributed by atoms with E-state index >= 15 is 0 Å². The average Bonchev–Trinajstić information content (AvgIpc) is 3.36. The molecule has 1 fully saturated rings. The third-order valence-corrected chi connectivity index (χ3v) is 4.66. The van der Waals surface area contributed by atoms with Gasteiger partial charge in [-0.3, -0.25) is 14.4 Å². The number of nitrogens with zero attached hydrogens (tertiary/aromatic N) is 1. The quantitative estimate of drug-likeness (QED) is 0.275. The fraction of sp³-hybridized carbons (Fsp3) is 0.611. The van der Waals surface area contributed by atoms with Crippen molar-refractivity contribution in [3.05, 3.63) is 18.2 Å². The molecule has 0 saturated carbocycles. The standard InChI is InChI=1S/C18H28N6O5/c1-10(2)15(24-16(26)12-4-3-5-20-12)17(27)21-8-14(25)23-13(18(28)29)6-11-7-19-9-22-11/h7,9-10,12-13,15,20H,3-6,8H2,1-2H3,(H,19,22)(H,21,27)(H,23,25)(H,24,26)(H,28,29). The van der Waals surface area contributed by atoms with Crippen LogP contribution in [0.2, 0.25) is 0 Å². The Morgan fingerprint density at radius 1 is 1.28 bits per heavy atom. The lowest BCUT2D eigenvalue weighted by Gasteiger charge is -2.23. The summed E-state index contributed by atoms with van der Waals surface area (Å²) in [4.78, 5) is 54.8. The van der Waals surface area contributed by atoms with E-state index in [1.54, 1.807) is 13.8 Å². The van der Waals surface area contributed by atoms with Crippen LogP contribution in [0, 0.1) is 5.92 Å². The molecule has 0 bridgehead atoms. The number of imidazole rings is 1. The zero-order valence-corrected chi connectivity index (χ0v) is 16.5. The van der Waals surface area contributed by atoms with E-state index in [1.807, 2.05) is 0 Å². The normalized spacial score (nSPS) is 18.1. The third kappa shape index (κ3) is 6.86. The van der Waals surface area contributed by atoms with E-state index in [0.29, 0.717) is 12.1 Å². The van der Waals surface area contributed by atoms with Crippen molar-refractivity contribution in [3.8, 4) is 0 Å². The molecule has 160 valence electrons. The van der Waals surface area contributed by atoms with Gasteiger partial charge in [0.25, 0.3) is 0 Å². The number of carboxylic acids is 1. The molecule has 2 rings (SSSR count). The smallest absolute Gasteiger partial charge is 0.326 e. The molecule has 3 amide bonds. The van der Waals surface area contributed by atoms with Crippen molar-refractivity contribution in [2.45, 2.75) is 51.2 Å². The zero-order chi connectivity index (χ0) is 21.4. The lowest BCUT2D eigenvalue weighted by Crippen LogP contribution is -2.55. The Morgan fingerprint density at radius 2 is 2.03 bits per heavy atom. The number of amides is 3. The zero-order valence-electron chi connectivity index (χ0n) is 16.5. The van der Waals surface area contributed by atoms with E-state index in [-0.39, 0.29) is 24.3 Å². The van der Waals surface area contributed by atoms with E-state index in [2.05, 4.69) is 31.2 Å². The predicted molar refractivity (Wildman–Crippen MR) is 103 cm³/mol. The molecule has 1 aromatic heterocycles. The van der Waals surface area contributed by atoms with Crippen LogP contribution in [-0.4, -0.2) is 70.0 Å². The molecular weight excluding hydrogens is 380 g/mol. The molecule has 0 radical (unpaired) electrons. The number of carboxylic acid groups (broad SMARTS) is 1. The van der Waals surface area contributed by atoms with Crippen LogP contribution >= 0.6 is 0 Å². The van der Waals surface area contributed by atoms with Crippen molar-refractivity contribution in [2.24, 2.45) is 5.92 Å². The van der Waals surface area contributed by atoms with Crippen molar-refractivity contribution >= 4 is 23.7 Å². The maximum Gasteiger partial charge on any atom is 0.326 e. The van der Waals surface area contributed by atoms with Crippen LogP contribution in [0.4, 0.5) is 0 Å². The molecule has 1 aromatic rings.